The molecule has 0 spiro atoms. The van der Waals surface area contributed by atoms with E-state index in [-0.39, 0.29) is 38.8 Å². The number of fused-ring (bicyclic) bond motifs is 1. The Morgan fingerprint density at radius 2 is 2.16 bits per heavy atom. The number of carboxylic acids is 1. The van der Waals surface area contributed by atoms with E-state index in [0.717, 1.165) is 16.9 Å². The van der Waals surface area contributed by atoms with Crippen LogP contribution in [0.4, 0.5) is 5.95 Å². The lowest BCUT2D eigenvalue weighted by atomic mass is 9.92. The zero-order chi connectivity index (χ0) is 22.3. The molecule has 0 saturated carbocycles. The molecule has 1 aliphatic heterocycles. The summed E-state index contributed by atoms with van der Waals surface area (Å²) < 4.78 is 7.85. The minimum absolute atomic E-state index is 0.0783. The van der Waals surface area contributed by atoms with Crippen molar-refractivity contribution in [3.63, 3.8) is 0 Å². The maximum Gasteiger partial charge on any atom is 0.335 e. The fourth-order valence-corrected chi connectivity index (χ4v) is 5.02. The summed E-state index contributed by atoms with van der Waals surface area (Å²) in [6.07, 6.45) is 0.640. The number of allylic oxidation sites excluding steroid dienone is 1. The van der Waals surface area contributed by atoms with Gasteiger partial charge in [0.05, 0.1) is 11.7 Å². The fourth-order valence-electron chi connectivity index (χ4n) is 4.18. The smallest absolute Gasteiger partial charge is 0.335 e. The molecule has 3 atom stereocenters. The molecule has 1 saturated heterocycles. The van der Waals surface area contributed by atoms with Crippen LogP contribution in [-0.2, 0) is 11.2 Å². The number of carbonyl (C=O) groups is 1. The topological polar surface area (TPSA) is 140 Å². The molecule has 31 heavy (non-hydrogen) atoms. The van der Waals surface area contributed by atoms with Gasteiger partial charge in [0.15, 0.2) is 5.65 Å². The third-order valence-corrected chi connectivity index (χ3v) is 6.30. The first-order valence-corrected chi connectivity index (χ1v) is 10.6. The monoisotopic (exact) mass is 442 g/mol. The number of aromatic nitrogens is 3. The van der Waals surface area contributed by atoms with Crippen molar-refractivity contribution in [1.82, 2.24) is 14.5 Å². The molecule has 10 heteroatoms. The number of carboxylic acid groups (broad SMARTS) is 1. The van der Waals surface area contributed by atoms with Gasteiger partial charge in [-0.2, -0.15) is 4.98 Å². The Bertz CT molecular complexity index is 1290. The minimum Gasteiger partial charge on any atom is -0.478 e. The highest BCUT2D eigenvalue weighted by molar-refractivity contribution is 7.16. The molecular weight excluding hydrogens is 420 g/mol. The summed E-state index contributed by atoms with van der Waals surface area (Å²) in [5.41, 5.74) is 7.25. The lowest BCUT2D eigenvalue weighted by Gasteiger charge is -2.20. The highest BCUT2D eigenvalue weighted by Crippen LogP contribution is 2.40. The van der Waals surface area contributed by atoms with E-state index in [9.17, 15) is 19.5 Å². The number of hydrogen-bond acceptors (Lipinski definition) is 7. The molecule has 0 amide bonds. The van der Waals surface area contributed by atoms with Crippen LogP contribution in [0, 0.1) is 5.92 Å². The van der Waals surface area contributed by atoms with Crippen LogP contribution < -0.4 is 16.2 Å². The van der Waals surface area contributed by atoms with E-state index in [1.165, 1.54) is 4.57 Å². The number of thiazole rings is 1. The normalized spacial score (nSPS) is 20.9. The van der Waals surface area contributed by atoms with Gasteiger partial charge in [-0.3, -0.25) is 19.1 Å². The first-order chi connectivity index (χ1) is 14.7. The summed E-state index contributed by atoms with van der Waals surface area (Å²) in [5.74, 6) is -1.16. The Hall–Kier alpha value is -3.24. The molecule has 9 nitrogen and oxygen atoms in total. The number of nitrogens with two attached hydrogens (primary N) is 1. The van der Waals surface area contributed by atoms with Crippen molar-refractivity contribution < 1.29 is 14.6 Å². The predicted octanol–water partition coefficient (Wildman–Crippen LogP) is 2.54. The van der Waals surface area contributed by atoms with Gasteiger partial charge in [0.2, 0.25) is 5.95 Å². The molecule has 4 N–H and O–H groups in total. The van der Waals surface area contributed by atoms with Gasteiger partial charge >= 0.3 is 10.8 Å². The van der Waals surface area contributed by atoms with Crippen LogP contribution in [0.5, 0.6) is 0 Å². The van der Waals surface area contributed by atoms with Crippen molar-refractivity contribution in [1.29, 1.82) is 0 Å². The summed E-state index contributed by atoms with van der Waals surface area (Å²) in [7, 11) is 0. The van der Waals surface area contributed by atoms with E-state index in [1.54, 1.807) is 24.3 Å². The van der Waals surface area contributed by atoms with Gasteiger partial charge < -0.3 is 15.6 Å². The Morgan fingerprint density at radius 1 is 1.42 bits per heavy atom. The molecule has 3 heterocycles. The SMILES string of the molecule is C=C(C)C[C@@H]1C[C@@H](Cc2ccccc2C(=O)O)O[C@H]1n1c(=O)sc2c(=O)[nH]c(N)nc21. The summed E-state index contributed by atoms with van der Waals surface area (Å²) >= 11 is 0.799. The highest BCUT2D eigenvalue weighted by Gasteiger charge is 2.39. The molecule has 162 valence electrons. The zero-order valence-electron chi connectivity index (χ0n) is 16.8. The average Bonchev–Trinajstić information content (AvgIpc) is 3.21. The lowest BCUT2D eigenvalue weighted by molar-refractivity contribution is -0.0108. The number of hydrogen-bond donors (Lipinski definition) is 3. The van der Waals surface area contributed by atoms with Crippen LogP contribution in [-0.4, -0.2) is 31.7 Å². The number of aromatic amines is 1. The van der Waals surface area contributed by atoms with Crippen LogP contribution >= 0.6 is 11.3 Å². The van der Waals surface area contributed by atoms with E-state index < -0.39 is 17.8 Å². The Morgan fingerprint density at radius 3 is 2.87 bits per heavy atom. The third kappa shape index (κ3) is 4.04. The molecule has 0 aliphatic carbocycles. The Labute approximate surface area is 180 Å². The predicted molar refractivity (Wildman–Crippen MR) is 117 cm³/mol. The largest absolute Gasteiger partial charge is 0.478 e. The van der Waals surface area contributed by atoms with Crippen LogP contribution in [0.25, 0.3) is 10.3 Å². The van der Waals surface area contributed by atoms with Gasteiger partial charge in [0, 0.05) is 5.92 Å². The number of anilines is 1. The van der Waals surface area contributed by atoms with Gasteiger partial charge in [-0.25, -0.2) is 4.79 Å². The maximum atomic E-state index is 12.8. The first kappa shape index (κ1) is 21.0. The second kappa shape index (κ2) is 8.12. The maximum absolute atomic E-state index is 12.8. The van der Waals surface area contributed by atoms with Crippen molar-refractivity contribution in [2.24, 2.45) is 5.92 Å². The van der Waals surface area contributed by atoms with Crippen molar-refractivity contribution in [2.75, 3.05) is 5.73 Å². The third-order valence-electron chi connectivity index (χ3n) is 5.35. The molecule has 1 aliphatic rings. The summed E-state index contributed by atoms with van der Waals surface area (Å²) in [6, 6.07) is 6.79. The van der Waals surface area contributed by atoms with E-state index in [0.29, 0.717) is 24.8 Å². The molecule has 0 radical (unpaired) electrons. The molecule has 0 unspecified atom stereocenters. The summed E-state index contributed by atoms with van der Waals surface area (Å²) in [6.45, 7) is 5.89. The molecule has 3 aromatic rings. The van der Waals surface area contributed by atoms with Crippen molar-refractivity contribution in [3.8, 4) is 0 Å². The van der Waals surface area contributed by atoms with E-state index in [1.807, 2.05) is 6.92 Å². The fraction of sp³-hybridized carbons (Fsp3) is 0.333. The van der Waals surface area contributed by atoms with Crippen LogP contribution in [0.2, 0.25) is 0 Å². The van der Waals surface area contributed by atoms with Gasteiger partial charge in [0.1, 0.15) is 10.9 Å². The van der Waals surface area contributed by atoms with Gasteiger partial charge in [-0.05, 0) is 37.8 Å². The van der Waals surface area contributed by atoms with Crippen molar-refractivity contribution in [3.05, 3.63) is 67.6 Å². The number of nitrogens with zero attached hydrogens (tertiary/aromatic N) is 2. The van der Waals surface area contributed by atoms with Crippen molar-refractivity contribution in [2.45, 2.75) is 38.5 Å². The first-order valence-electron chi connectivity index (χ1n) is 9.76. The Kier molecular flexibility index (Phi) is 5.50. The molecule has 4 rings (SSSR count). The van der Waals surface area contributed by atoms with Crippen molar-refractivity contribution >= 4 is 33.6 Å². The molecule has 1 fully saturated rings. The summed E-state index contributed by atoms with van der Waals surface area (Å²) in [4.78, 5) is 42.8. The van der Waals surface area contributed by atoms with Crippen LogP contribution in [0.1, 0.15) is 41.9 Å². The van der Waals surface area contributed by atoms with E-state index in [2.05, 4.69) is 16.5 Å². The molecule has 0 bridgehead atoms. The van der Waals surface area contributed by atoms with E-state index >= 15 is 0 Å². The van der Waals surface area contributed by atoms with Crippen LogP contribution in [0.15, 0.2) is 46.0 Å². The number of H-pyrrole nitrogens is 1. The molecule has 1 aromatic carbocycles. The number of rotatable bonds is 6. The highest BCUT2D eigenvalue weighted by atomic mass is 32.1. The van der Waals surface area contributed by atoms with Gasteiger partial charge in [0.25, 0.3) is 5.56 Å². The van der Waals surface area contributed by atoms with Crippen LogP contribution in [0.3, 0.4) is 0 Å². The standard InChI is InChI=1S/C21H22N4O5S/c1-10(2)7-12-9-13(8-11-5-3-4-6-14(11)19(27)28)30-18(12)25-16-15(31-21(25)29)17(26)24-20(22)23-16/h3-6,12-13,18H,1,7-9H2,2H3,(H,27,28)(H3,22,23,24,26)/t12-,13-,18-/m1/s1. The average molecular weight is 442 g/mol. The van der Waals surface area contributed by atoms with Gasteiger partial charge in [-0.1, -0.05) is 35.1 Å². The van der Waals surface area contributed by atoms with E-state index in [4.69, 9.17) is 10.5 Å². The Balaban J connectivity index is 1.73. The number of nitrogen functional groups attached to an aromatic ring is 1. The molecule has 2 aromatic heterocycles. The zero-order valence-corrected chi connectivity index (χ0v) is 17.6. The second-order valence-corrected chi connectivity index (χ2v) is 8.78. The second-order valence-electron chi connectivity index (χ2n) is 7.81. The number of benzene rings is 1. The quantitative estimate of drug-likeness (QED) is 0.498. The number of aromatic carboxylic acids is 1. The minimum atomic E-state index is -0.998. The lowest BCUT2D eigenvalue weighted by Crippen LogP contribution is -2.25. The number of ether oxygens (including phenoxy) is 1. The molecular formula is C21H22N4O5S. The number of nitrogens with one attached hydrogen (secondary N) is 1. The summed E-state index contributed by atoms with van der Waals surface area (Å²) in [5, 5.41) is 9.47. The van der Waals surface area contributed by atoms with Gasteiger partial charge in [-0.15, -0.1) is 6.58 Å².